The number of pyridine rings is 1. The summed E-state index contributed by atoms with van der Waals surface area (Å²) in [6.07, 6.45) is 3.92. The fourth-order valence-corrected chi connectivity index (χ4v) is 1.95. The molecule has 18 heavy (non-hydrogen) atoms. The Kier molecular flexibility index (Phi) is 3.38. The first-order valence-corrected chi connectivity index (χ1v) is 5.70. The normalized spacial score (nSPS) is 13.6. The number of hydrogen-bond donors (Lipinski definition) is 0. The molecule has 0 saturated carbocycles. The van der Waals surface area contributed by atoms with E-state index in [0.29, 0.717) is 12.0 Å². The van der Waals surface area contributed by atoms with E-state index in [2.05, 4.69) is 11.1 Å². The van der Waals surface area contributed by atoms with Gasteiger partial charge < -0.3 is 0 Å². The van der Waals surface area contributed by atoms with Crippen LogP contribution in [0.4, 0.5) is 4.39 Å². The molecule has 1 unspecified atom stereocenters. The van der Waals surface area contributed by atoms with Crippen LogP contribution in [0.25, 0.3) is 0 Å². The van der Waals surface area contributed by atoms with E-state index in [9.17, 15) is 9.65 Å². The van der Waals surface area contributed by atoms with Gasteiger partial charge in [-0.2, -0.15) is 5.26 Å². The van der Waals surface area contributed by atoms with Crippen molar-refractivity contribution in [1.29, 1.82) is 5.26 Å². The zero-order valence-corrected chi connectivity index (χ0v) is 10.1. The molecule has 2 rings (SSSR count). The molecule has 3 heteroatoms. The van der Waals surface area contributed by atoms with Crippen LogP contribution in [0, 0.1) is 17.1 Å². The predicted octanol–water partition coefficient (Wildman–Crippen LogP) is 3.24. The third kappa shape index (κ3) is 2.54. The molecule has 2 nitrogen and oxygen atoms in total. The Bertz CT molecular complexity index is 575. The number of hydrogen-bond acceptors (Lipinski definition) is 2. The van der Waals surface area contributed by atoms with Gasteiger partial charge in [0.1, 0.15) is 5.82 Å². The van der Waals surface area contributed by atoms with Crippen LogP contribution < -0.4 is 0 Å². The number of benzene rings is 1. The molecule has 1 heterocycles. The second-order valence-corrected chi connectivity index (χ2v) is 4.49. The number of aromatic nitrogens is 1. The lowest BCUT2D eigenvalue weighted by Crippen LogP contribution is -2.23. The quantitative estimate of drug-likeness (QED) is 0.825. The second-order valence-electron chi connectivity index (χ2n) is 4.49. The summed E-state index contributed by atoms with van der Waals surface area (Å²) in [5.74, 6) is -0.316. The molecule has 0 amide bonds. The van der Waals surface area contributed by atoms with Gasteiger partial charge in [0.2, 0.25) is 0 Å². The monoisotopic (exact) mass is 240 g/mol. The molecule has 0 aliphatic rings. The number of nitriles is 1. The Morgan fingerprint density at radius 2 is 2.00 bits per heavy atom. The molecular formula is C15H13FN2. The van der Waals surface area contributed by atoms with Crippen LogP contribution in [0.3, 0.4) is 0 Å². The van der Waals surface area contributed by atoms with Gasteiger partial charge in [0.25, 0.3) is 0 Å². The minimum Gasteiger partial charge on any atom is -0.265 e. The molecular weight excluding hydrogens is 227 g/mol. The van der Waals surface area contributed by atoms with Gasteiger partial charge in [-0.05, 0) is 48.7 Å². The van der Waals surface area contributed by atoms with Crippen LogP contribution >= 0.6 is 0 Å². The fraction of sp³-hybridized carbons (Fsp3) is 0.200. The van der Waals surface area contributed by atoms with Crippen molar-refractivity contribution in [2.24, 2.45) is 0 Å². The van der Waals surface area contributed by atoms with Crippen molar-refractivity contribution < 1.29 is 4.39 Å². The summed E-state index contributed by atoms with van der Waals surface area (Å²) >= 11 is 0. The maximum atomic E-state index is 13.3. The van der Waals surface area contributed by atoms with E-state index in [1.54, 1.807) is 24.5 Å². The Hall–Kier alpha value is -2.21. The first-order valence-electron chi connectivity index (χ1n) is 5.70. The van der Waals surface area contributed by atoms with E-state index in [1.165, 1.54) is 12.1 Å². The molecule has 1 aromatic heterocycles. The van der Waals surface area contributed by atoms with Crippen molar-refractivity contribution in [3.8, 4) is 6.07 Å². The van der Waals surface area contributed by atoms with Gasteiger partial charge in [-0.3, -0.25) is 4.98 Å². The first-order chi connectivity index (χ1) is 8.64. The van der Waals surface area contributed by atoms with Gasteiger partial charge in [-0.15, -0.1) is 0 Å². The van der Waals surface area contributed by atoms with Crippen LogP contribution in [0.15, 0.2) is 48.8 Å². The zero-order valence-electron chi connectivity index (χ0n) is 10.1. The highest BCUT2D eigenvalue weighted by Crippen LogP contribution is 2.27. The highest BCUT2D eigenvalue weighted by atomic mass is 19.1. The van der Waals surface area contributed by atoms with E-state index in [-0.39, 0.29) is 5.82 Å². The summed E-state index contributed by atoms with van der Waals surface area (Å²) in [4.78, 5) is 3.95. The average molecular weight is 240 g/mol. The van der Waals surface area contributed by atoms with Gasteiger partial charge in [0, 0.05) is 12.4 Å². The van der Waals surface area contributed by atoms with Gasteiger partial charge in [0.05, 0.1) is 11.5 Å². The van der Waals surface area contributed by atoms with E-state index in [1.807, 2.05) is 19.1 Å². The Morgan fingerprint density at radius 3 is 2.61 bits per heavy atom. The maximum absolute atomic E-state index is 13.3. The Balaban J connectivity index is 2.35. The SMILES string of the molecule is CC(C#N)(Cc1ccncc1)c1cccc(F)c1. The number of halogens is 1. The summed E-state index contributed by atoms with van der Waals surface area (Å²) in [6.45, 7) is 1.82. The van der Waals surface area contributed by atoms with Crippen LogP contribution in [-0.2, 0) is 11.8 Å². The van der Waals surface area contributed by atoms with Crippen molar-refractivity contribution in [1.82, 2.24) is 4.98 Å². The first kappa shape index (κ1) is 12.3. The van der Waals surface area contributed by atoms with E-state index in [4.69, 9.17) is 0 Å². The molecule has 1 atom stereocenters. The Labute approximate surface area is 106 Å². The van der Waals surface area contributed by atoms with Crippen molar-refractivity contribution in [2.45, 2.75) is 18.8 Å². The molecule has 2 aromatic rings. The minimum atomic E-state index is -0.733. The molecule has 90 valence electrons. The van der Waals surface area contributed by atoms with Gasteiger partial charge in [-0.25, -0.2) is 4.39 Å². The standard InChI is InChI=1S/C15H13FN2/c1-15(11-17,10-12-5-7-18-8-6-12)13-3-2-4-14(16)9-13/h2-9H,10H2,1H3. The zero-order chi connectivity index (χ0) is 13.0. The summed E-state index contributed by atoms with van der Waals surface area (Å²) in [7, 11) is 0. The van der Waals surface area contributed by atoms with E-state index in [0.717, 1.165) is 5.56 Å². The summed E-state index contributed by atoms with van der Waals surface area (Å²) in [6, 6.07) is 12.2. The minimum absolute atomic E-state index is 0.316. The van der Waals surface area contributed by atoms with Crippen molar-refractivity contribution in [3.05, 3.63) is 65.7 Å². The third-order valence-electron chi connectivity index (χ3n) is 3.02. The molecule has 0 saturated heterocycles. The smallest absolute Gasteiger partial charge is 0.123 e. The number of rotatable bonds is 3. The molecule has 0 N–H and O–H groups in total. The molecule has 0 spiro atoms. The summed E-state index contributed by atoms with van der Waals surface area (Å²) in [5.41, 5.74) is 0.976. The lowest BCUT2D eigenvalue weighted by Gasteiger charge is -2.22. The summed E-state index contributed by atoms with van der Waals surface area (Å²) in [5, 5.41) is 9.40. The largest absolute Gasteiger partial charge is 0.265 e. The molecule has 0 radical (unpaired) electrons. The van der Waals surface area contributed by atoms with Crippen LogP contribution in [0.5, 0.6) is 0 Å². The fourth-order valence-electron chi connectivity index (χ4n) is 1.95. The topological polar surface area (TPSA) is 36.7 Å². The molecule has 0 fully saturated rings. The molecule has 0 bridgehead atoms. The highest BCUT2D eigenvalue weighted by Gasteiger charge is 2.27. The Morgan fingerprint density at radius 1 is 1.28 bits per heavy atom. The van der Waals surface area contributed by atoms with Crippen molar-refractivity contribution in [3.63, 3.8) is 0 Å². The van der Waals surface area contributed by atoms with Gasteiger partial charge in [0.15, 0.2) is 0 Å². The van der Waals surface area contributed by atoms with Gasteiger partial charge in [-0.1, -0.05) is 12.1 Å². The predicted molar refractivity (Wildman–Crippen MR) is 67.3 cm³/mol. The van der Waals surface area contributed by atoms with E-state index >= 15 is 0 Å². The van der Waals surface area contributed by atoms with E-state index < -0.39 is 5.41 Å². The summed E-state index contributed by atoms with van der Waals surface area (Å²) < 4.78 is 13.3. The second kappa shape index (κ2) is 4.97. The van der Waals surface area contributed by atoms with Crippen molar-refractivity contribution in [2.75, 3.05) is 0 Å². The number of nitrogens with zero attached hydrogens (tertiary/aromatic N) is 2. The van der Waals surface area contributed by atoms with Gasteiger partial charge >= 0.3 is 0 Å². The van der Waals surface area contributed by atoms with Crippen molar-refractivity contribution >= 4 is 0 Å². The maximum Gasteiger partial charge on any atom is 0.123 e. The lowest BCUT2D eigenvalue weighted by atomic mass is 9.79. The molecule has 0 aliphatic carbocycles. The average Bonchev–Trinajstić information content (AvgIpc) is 2.40. The molecule has 0 aliphatic heterocycles. The highest BCUT2D eigenvalue weighted by molar-refractivity contribution is 5.34. The lowest BCUT2D eigenvalue weighted by molar-refractivity contribution is 0.584. The van der Waals surface area contributed by atoms with Crippen LogP contribution in [0.1, 0.15) is 18.1 Å². The third-order valence-corrected chi connectivity index (χ3v) is 3.02. The van der Waals surface area contributed by atoms with Crippen LogP contribution in [0.2, 0.25) is 0 Å². The van der Waals surface area contributed by atoms with Crippen LogP contribution in [-0.4, -0.2) is 4.98 Å². The molecule has 1 aromatic carbocycles.